The van der Waals surface area contributed by atoms with E-state index in [1.165, 1.54) is 16.4 Å². The van der Waals surface area contributed by atoms with Crippen LogP contribution in [0.2, 0.25) is 0 Å². The number of carbonyl (C=O) groups excluding carboxylic acids is 1. The van der Waals surface area contributed by atoms with Gasteiger partial charge in [-0.2, -0.15) is 9.40 Å². The SMILES string of the molecule is O=C(c1ccc(=O)[nH]n1)N1CCN(S(=O)(=O)C2CC2)CC1. The highest BCUT2D eigenvalue weighted by Crippen LogP contribution is 2.31. The van der Waals surface area contributed by atoms with Gasteiger partial charge in [-0.25, -0.2) is 13.5 Å². The molecule has 1 amide bonds. The van der Waals surface area contributed by atoms with Crippen molar-refractivity contribution >= 4 is 15.9 Å². The quantitative estimate of drug-likeness (QED) is 0.772. The average molecular weight is 312 g/mol. The summed E-state index contributed by atoms with van der Waals surface area (Å²) < 4.78 is 25.7. The first-order valence-electron chi connectivity index (χ1n) is 6.82. The van der Waals surface area contributed by atoms with E-state index in [4.69, 9.17) is 0 Å². The first kappa shape index (κ1) is 14.2. The Morgan fingerprint density at radius 1 is 1.19 bits per heavy atom. The lowest BCUT2D eigenvalue weighted by Crippen LogP contribution is -2.51. The van der Waals surface area contributed by atoms with Crippen molar-refractivity contribution in [1.29, 1.82) is 0 Å². The standard InChI is InChI=1S/C12H16N4O4S/c17-11-4-3-10(13-14-11)12(18)15-5-7-16(8-6-15)21(19,20)9-1-2-9/h3-4,9H,1-2,5-8H2,(H,14,17). The van der Waals surface area contributed by atoms with Gasteiger partial charge in [0.25, 0.3) is 11.5 Å². The summed E-state index contributed by atoms with van der Waals surface area (Å²) in [5, 5.41) is 5.69. The van der Waals surface area contributed by atoms with Crippen LogP contribution in [-0.2, 0) is 10.0 Å². The number of nitrogens with zero attached hydrogens (tertiary/aromatic N) is 3. The maximum Gasteiger partial charge on any atom is 0.274 e. The molecule has 21 heavy (non-hydrogen) atoms. The normalized spacial score (nSPS) is 20.5. The third-order valence-corrected chi connectivity index (χ3v) is 6.13. The molecule has 2 fully saturated rings. The lowest BCUT2D eigenvalue weighted by atomic mass is 10.3. The Morgan fingerprint density at radius 2 is 1.86 bits per heavy atom. The van der Waals surface area contributed by atoms with E-state index in [1.54, 1.807) is 4.90 Å². The molecule has 0 unspecified atom stereocenters. The molecule has 1 aromatic rings. The highest BCUT2D eigenvalue weighted by molar-refractivity contribution is 7.90. The molecule has 0 bridgehead atoms. The molecular weight excluding hydrogens is 296 g/mol. The second kappa shape index (κ2) is 5.23. The summed E-state index contributed by atoms with van der Waals surface area (Å²) >= 11 is 0. The minimum Gasteiger partial charge on any atom is -0.335 e. The zero-order valence-corrected chi connectivity index (χ0v) is 12.2. The van der Waals surface area contributed by atoms with Crippen LogP contribution >= 0.6 is 0 Å². The molecule has 0 radical (unpaired) electrons. The van der Waals surface area contributed by atoms with Crippen molar-refractivity contribution in [3.8, 4) is 0 Å². The van der Waals surface area contributed by atoms with E-state index in [-0.39, 0.29) is 22.4 Å². The molecule has 3 rings (SSSR count). The van der Waals surface area contributed by atoms with Crippen molar-refractivity contribution in [2.75, 3.05) is 26.2 Å². The van der Waals surface area contributed by atoms with Crippen LogP contribution in [0.4, 0.5) is 0 Å². The number of piperazine rings is 1. The van der Waals surface area contributed by atoms with Gasteiger partial charge in [0.15, 0.2) is 0 Å². The maximum absolute atomic E-state index is 12.2. The molecule has 0 spiro atoms. The molecule has 8 nitrogen and oxygen atoms in total. The highest BCUT2D eigenvalue weighted by Gasteiger charge is 2.41. The van der Waals surface area contributed by atoms with Crippen LogP contribution in [-0.4, -0.2) is 65.2 Å². The Labute approximate surface area is 121 Å². The third kappa shape index (κ3) is 2.84. The molecular formula is C12H16N4O4S. The van der Waals surface area contributed by atoms with Gasteiger partial charge < -0.3 is 4.90 Å². The van der Waals surface area contributed by atoms with E-state index in [1.807, 2.05) is 0 Å². The van der Waals surface area contributed by atoms with Gasteiger partial charge in [0.2, 0.25) is 10.0 Å². The van der Waals surface area contributed by atoms with E-state index < -0.39 is 10.0 Å². The van der Waals surface area contributed by atoms with Gasteiger partial charge in [0, 0.05) is 32.2 Å². The monoisotopic (exact) mass is 312 g/mol. The van der Waals surface area contributed by atoms with Crippen LogP contribution in [0, 0.1) is 0 Å². The molecule has 1 aliphatic heterocycles. The fourth-order valence-corrected chi connectivity index (χ4v) is 4.17. The summed E-state index contributed by atoms with van der Waals surface area (Å²) in [4.78, 5) is 24.7. The van der Waals surface area contributed by atoms with Gasteiger partial charge in [-0.1, -0.05) is 0 Å². The minimum absolute atomic E-state index is 0.160. The molecule has 1 saturated carbocycles. The van der Waals surface area contributed by atoms with Gasteiger partial charge in [-0.05, 0) is 18.9 Å². The molecule has 1 aliphatic carbocycles. The van der Waals surface area contributed by atoms with Gasteiger partial charge in [-0.3, -0.25) is 9.59 Å². The van der Waals surface area contributed by atoms with E-state index in [0.29, 0.717) is 26.2 Å². The molecule has 1 aromatic heterocycles. The topological polar surface area (TPSA) is 103 Å². The van der Waals surface area contributed by atoms with Crippen molar-refractivity contribution in [3.05, 3.63) is 28.2 Å². The van der Waals surface area contributed by atoms with Crippen LogP contribution in [0.5, 0.6) is 0 Å². The summed E-state index contributed by atoms with van der Waals surface area (Å²) in [6.45, 7) is 1.30. The number of hydrogen-bond donors (Lipinski definition) is 1. The first-order valence-corrected chi connectivity index (χ1v) is 8.33. The molecule has 114 valence electrons. The molecule has 0 aromatic carbocycles. The zero-order valence-electron chi connectivity index (χ0n) is 11.4. The number of nitrogens with one attached hydrogen (secondary N) is 1. The number of carbonyl (C=O) groups is 1. The van der Waals surface area contributed by atoms with Crippen molar-refractivity contribution in [3.63, 3.8) is 0 Å². The largest absolute Gasteiger partial charge is 0.335 e. The molecule has 2 heterocycles. The van der Waals surface area contributed by atoms with Crippen LogP contribution in [0.15, 0.2) is 16.9 Å². The van der Waals surface area contributed by atoms with Crippen LogP contribution in [0.3, 0.4) is 0 Å². The predicted octanol–water partition coefficient (Wildman–Crippen LogP) is -0.980. The van der Waals surface area contributed by atoms with Crippen molar-refractivity contribution < 1.29 is 13.2 Å². The zero-order chi connectivity index (χ0) is 15.0. The number of hydrogen-bond acceptors (Lipinski definition) is 5. The highest BCUT2D eigenvalue weighted by atomic mass is 32.2. The van der Waals surface area contributed by atoms with E-state index in [0.717, 1.165) is 12.8 Å². The van der Waals surface area contributed by atoms with Gasteiger partial charge in [0.1, 0.15) is 5.69 Å². The summed E-state index contributed by atoms with van der Waals surface area (Å²) in [5.41, 5.74) is -0.208. The fraction of sp³-hybridized carbons (Fsp3) is 0.583. The van der Waals surface area contributed by atoms with Crippen molar-refractivity contribution in [1.82, 2.24) is 19.4 Å². The lowest BCUT2D eigenvalue weighted by molar-refractivity contribution is 0.0690. The Kier molecular flexibility index (Phi) is 3.54. The van der Waals surface area contributed by atoms with E-state index >= 15 is 0 Å². The maximum atomic E-state index is 12.2. The predicted molar refractivity (Wildman–Crippen MR) is 74.3 cm³/mol. The molecule has 2 aliphatic rings. The second-order valence-electron chi connectivity index (χ2n) is 5.24. The molecule has 1 N–H and O–H groups in total. The summed E-state index contributed by atoms with van der Waals surface area (Å²) in [6, 6.07) is 2.61. The summed E-state index contributed by atoms with van der Waals surface area (Å²) in [5.74, 6) is -0.297. The lowest BCUT2D eigenvalue weighted by Gasteiger charge is -2.33. The number of H-pyrrole nitrogens is 1. The number of aromatic nitrogens is 2. The van der Waals surface area contributed by atoms with Gasteiger partial charge >= 0.3 is 0 Å². The summed E-state index contributed by atoms with van der Waals surface area (Å²) in [7, 11) is -3.18. The Balaban J connectivity index is 1.64. The smallest absolute Gasteiger partial charge is 0.274 e. The van der Waals surface area contributed by atoms with Crippen molar-refractivity contribution in [2.24, 2.45) is 0 Å². The molecule has 0 atom stereocenters. The Hall–Kier alpha value is -1.74. The number of rotatable bonds is 3. The van der Waals surface area contributed by atoms with Crippen LogP contribution in [0.1, 0.15) is 23.3 Å². The van der Waals surface area contributed by atoms with Gasteiger partial charge in [-0.15, -0.1) is 0 Å². The Bertz CT molecular complexity index is 682. The number of amides is 1. The molecule has 9 heteroatoms. The fourth-order valence-electron chi connectivity index (χ4n) is 2.35. The number of sulfonamides is 1. The van der Waals surface area contributed by atoms with Crippen LogP contribution < -0.4 is 5.56 Å². The third-order valence-electron chi connectivity index (χ3n) is 3.73. The first-order chi connectivity index (χ1) is 9.98. The summed E-state index contributed by atoms with van der Waals surface area (Å²) in [6.07, 6.45) is 1.48. The number of aromatic amines is 1. The van der Waals surface area contributed by atoms with Gasteiger partial charge in [0.05, 0.1) is 5.25 Å². The van der Waals surface area contributed by atoms with E-state index in [2.05, 4.69) is 10.2 Å². The molecule has 1 saturated heterocycles. The average Bonchev–Trinajstić information content (AvgIpc) is 3.32. The van der Waals surface area contributed by atoms with Crippen molar-refractivity contribution in [2.45, 2.75) is 18.1 Å². The Morgan fingerprint density at radius 3 is 2.38 bits per heavy atom. The second-order valence-corrected chi connectivity index (χ2v) is 7.45. The minimum atomic E-state index is -3.18. The van der Waals surface area contributed by atoms with E-state index in [9.17, 15) is 18.0 Å². The van der Waals surface area contributed by atoms with Crippen LogP contribution in [0.25, 0.3) is 0 Å².